The summed E-state index contributed by atoms with van der Waals surface area (Å²) in [6, 6.07) is 8.31. The van der Waals surface area contributed by atoms with Gasteiger partial charge in [-0.2, -0.15) is 0 Å². The number of pyridine rings is 1. The number of imide groups is 1. The third-order valence-electron chi connectivity index (χ3n) is 3.02. The number of benzene rings is 1. The number of amides is 2. The molecule has 2 heterocycles. The van der Waals surface area contributed by atoms with E-state index in [0.29, 0.717) is 22.6 Å². The number of anilines is 1. The van der Waals surface area contributed by atoms with E-state index >= 15 is 0 Å². The predicted octanol–water partition coefficient (Wildman–Crippen LogP) is 1.89. The van der Waals surface area contributed by atoms with Crippen LogP contribution in [0.1, 0.15) is 20.7 Å². The van der Waals surface area contributed by atoms with Crippen molar-refractivity contribution in [2.24, 2.45) is 0 Å². The van der Waals surface area contributed by atoms with Crippen LogP contribution < -0.4 is 9.64 Å². The van der Waals surface area contributed by atoms with E-state index in [9.17, 15) is 9.59 Å². The van der Waals surface area contributed by atoms with Gasteiger partial charge in [-0.15, -0.1) is 0 Å². The summed E-state index contributed by atoms with van der Waals surface area (Å²) in [5.74, 6) is -0.00661. The Morgan fingerprint density at radius 3 is 2.32 bits per heavy atom. The second-order valence-corrected chi connectivity index (χ2v) is 4.06. The number of nitrogens with zero attached hydrogens (tertiary/aromatic N) is 2. The zero-order chi connectivity index (χ0) is 13.4. The summed E-state index contributed by atoms with van der Waals surface area (Å²) in [5.41, 5.74) is 1.24. The molecule has 0 bridgehead atoms. The average molecular weight is 254 g/mol. The summed E-state index contributed by atoms with van der Waals surface area (Å²) in [5, 5.41) is 0. The molecule has 0 N–H and O–H groups in total. The molecule has 19 heavy (non-hydrogen) atoms. The SMILES string of the molecule is COc1ccc(N2C(=O)c3ccncc3C2=O)cc1. The van der Waals surface area contributed by atoms with Crippen LogP contribution in [0.5, 0.6) is 5.75 Å². The Morgan fingerprint density at radius 1 is 1.00 bits per heavy atom. The minimum atomic E-state index is -0.349. The number of fused-ring (bicyclic) bond motifs is 1. The highest BCUT2D eigenvalue weighted by Crippen LogP contribution is 2.28. The number of ether oxygens (including phenoxy) is 1. The molecule has 1 aliphatic heterocycles. The third kappa shape index (κ3) is 1.67. The largest absolute Gasteiger partial charge is 0.497 e. The van der Waals surface area contributed by atoms with Crippen molar-refractivity contribution in [1.82, 2.24) is 4.98 Å². The van der Waals surface area contributed by atoms with E-state index in [0.717, 1.165) is 4.90 Å². The van der Waals surface area contributed by atoms with E-state index < -0.39 is 0 Å². The van der Waals surface area contributed by atoms with E-state index in [-0.39, 0.29) is 11.8 Å². The number of hydrogen-bond acceptors (Lipinski definition) is 4. The summed E-state index contributed by atoms with van der Waals surface area (Å²) >= 11 is 0. The molecule has 0 fully saturated rings. The maximum atomic E-state index is 12.2. The van der Waals surface area contributed by atoms with Crippen molar-refractivity contribution in [3.8, 4) is 5.75 Å². The fraction of sp³-hybridized carbons (Fsp3) is 0.0714. The maximum Gasteiger partial charge on any atom is 0.267 e. The molecule has 2 aromatic rings. The van der Waals surface area contributed by atoms with Gasteiger partial charge in [0.15, 0.2) is 0 Å². The summed E-state index contributed by atoms with van der Waals surface area (Å²) in [6.07, 6.45) is 2.92. The van der Waals surface area contributed by atoms with Crippen molar-refractivity contribution in [2.75, 3.05) is 12.0 Å². The minimum absolute atomic E-state index is 0.326. The summed E-state index contributed by atoms with van der Waals surface area (Å²) in [6.45, 7) is 0. The Balaban J connectivity index is 2.03. The first kappa shape index (κ1) is 11.4. The van der Waals surface area contributed by atoms with Gasteiger partial charge in [0.2, 0.25) is 0 Å². The van der Waals surface area contributed by atoms with Crippen molar-refractivity contribution in [1.29, 1.82) is 0 Å². The van der Waals surface area contributed by atoms with Crippen LogP contribution in [-0.2, 0) is 0 Å². The molecule has 1 aromatic carbocycles. The van der Waals surface area contributed by atoms with Crippen LogP contribution in [0.25, 0.3) is 0 Å². The van der Waals surface area contributed by atoms with Crippen LogP contribution in [0, 0.1) is 0 Å². The molecule has 2 amide bonds. The zero-order valence-corrected chi connectivity index (χ0v) is 10.2. The second-order valence-electron chi connectivity index (χ2n) is 4.06. The van der Waals surface area contributed by atoms with Gasteiger partial charge in [0, 0.05) is 12.4 Å². The van der Waals surface area contributed by atoms with Crippen molar-refractivity contribution in [3.63, 3.8) is 0 Å². The van der Waals surface area contributed by atoms with E-state index in [1.807, 2.05) is 0 Å². The van der Waals surface area contributed by atoms with Gasteiger partial charge < -0.3 is 4.74 Å². The highest BCUT2D eigenvalue weighted by Gasteiger charge is 2.36. The van der Waals surface area contributed by atoms with Crippen LogP contribution in [0.4, 0.5) is 5.69 Å². The summed E-state index contributed by atoms with van der Waals surface area (Å²) in [7, 11) is 1.56. The van der Waals surface area contributed by atoms with Gasteiger partial charge in [0.25, 0.3) is 11.8 Å². The maximum absolute atomic E-state index is 12.2. The van der Waals surface area contributed by atoms with E-state index in [4.69, 9.17) is 4.74 Å². The number of carbonyl (C=O) groups excluding carboxylic acids is 2. The van der Waals surface area contributed by atoms with Gasteiger partial charge in [-0.1, -0.05) is 0 Å². The molecule has 5 nitrogen and oxygen atoms in total. The molecule has 1 aliphatic rings. The molecule has 3 rings (SSSR count). The molecular weight excluding hydrogens is 244 g/mol. The highest BCUT2D eigenvalue weighted by atomic mass is 16.5. The lowest BCUT2D eigenvalue weighted by Crippen LogP contribution is -2.29. The fourth-order valence-corrected chi connectivity index (χ4v) is 2.05. The minimum Gasteiger partial charge on any atom is -0.497 e. The number of methoxy groups -OCH3 is 1. The Bertz CT molecular complexity index is 630. The first-order valence-corrected chi connectivity index (χ1v) is 5.69. The van der Waals surface area contributed by atoms with Crippen LogP contribution in [-0.4, -0.2) is 23.9 Å². The van der Waals surface area contributed by atoms with Crippen LogP contribution in [0.15, 0.2) is 42.7 Å². The molecule has 0 aliphatic carbocycles. The van der Waals surface area contributed by atoms with Crippen molar-refractivity contribution in [3.05, 3.63) is 53.9 Å². The lowest BCUT2D eigenvalue weighted by molar-refractivity contribution is 0.0926. The van der Waals surface area contributed by atoms with Crippen molar-refractivity contribution < 1.29 is 14.3 Å². The summed E-state index contributed by atoms with van der Waals surface area (Å²) in [4.78, 5) is 29.4. The van der Waals surface area contributed by atoms with E-state index in [2.05, 4.69) is 4.98 Å². The van der Waals surface area contributed by atoms with Gasteiger partial charge in [0.1, 0.15) is 5.75 Å². The first-order chi connectivity index (χ1) is 9.22. The highest BCUT2D eigenvalue weighted by molar-refractivity contribution is 6.34. The van der Waals surface area contributed by atoms with E-state index in [1.54, 1.807) is 37.4 Å². The van der Waals surface area contributed by atoms with Gasteiger partial charge >= 0.3 is 0 Å². The molecule has 0 saturated carbocycles. The molecule has 0 saturated heterocycles. The molecule has 94 valence electrons. The smallest absolute Gasteiger partial charge is 0.267 e. The van der Waals surface area contributed by atoms with Crippen LogP contribution in [0.2, 0.25) is 0 Å². The van der Waals surface area contributed by atoms with Gasteiger partial charge in [0.05, 0.1) is 23.9 Å². The number of carbonyl (C=O) groups is 2. The third-order valence-corrected chi connectivity index (χ3v) is 3.02. The van der Waals surface area contributed by atoms with Crippen molar-refractivity contribution in [2.45, 2.75) is 0 Å². The average Bonchev–Trinajstić information content (AvgIpc) is 2.72. The second kappa shape index (κ2) is 4.20. The Morgan fingerprint density at radius 2 is 1.68 bits per heavy atom. The molecule has 0 radical (unpaired) electrons. The molecule has 1 aromatic heterocycles. The van der Waals surface area contributed by atoms with Gasteiger partial charge in [-0.3, -0.25) is 14.6 Å². The normalized spacial score (nSPS) is 13.6. The monoisotopic (exact) mass is 254 g/mol. The lowest BCUT2D eigenvalue weighted by atomic mass is 10.2. The molecule has 0 spiro atoms. The number of rotatable bonds is 2. The van der Waals surface area contributed by atoms with Crippen molar-refractivity contribution >= 4 is 17.5 Å². The molecule has 0 unspecified atom stereocenters. The predicted molar refractivity (Wildman–Crippen MR) is 68.4 cm³/mol. The van der Waals surface area contributed by atoms with Crippen LogP contribution in [0.3, 0.4) is 0 Å². The first-order valence-electron chi connectivity index (χ1n) is 5.69. The molecular formula is C14H10N2O3. The molecule has 0 atom stereocenters. The zero-order valence-electron chi connectivity index (χ0n) is 10.2. The van der Waals surface area contributed by atoms with E-state index in [1.165, 1.54) is 12.4 Å². The topological polar surface area (TPSA) is 59.5 Å². The summed E-state index contributed by atoms with van der Waals surface area (Å²) < 4.78 is 5.05. The van der Waals surface area contributed by atoms with Gasteiger partial charge in [-0.05, 0) is 30.3 Å². The Kier molecular flexibility index (Phi) is 2.52. The standard InChI is InChI=1S/C14H10N2O3/c1-19-10-4-2-9(3-5-10)16-13(17)11-6-7-15-8-12(11)14(16)18/h2-8H,1H3. The quantitative estimate of drug-likeness (QED) is 0.768. The number of aromatic nitrogens is 1. The molecule has 5 heteroatoms. The Labute approximate surface area is 109 Å². The van der Waals surface area contributed by atoms with Crippen LogP contribution >= 0.6 is 0 Å². The van der Waals surface area contributed by atoms with Gasteiger partial charge in [-0.25, -0.2) is 4.90 Å². The Hall–Kier alpha value is -2.69. The lowest BCUT2D eigenvalue weighted by Gasteiger charge is -2.13. The fourth-order valence-electron chi connectivity index (χ4n) is 2.05. The number of hydrogen-bond donors (Lipinski definition) is 0.